The summed E-state index contributed by atoms with van der Waals surface area (Å²) in [6.07, 6.45) is 1.54. The largest absolute Gasteiger partial charge is 0.348 e. The highest BCUT2D eigenvalue weighted by Gasteiger charge is 2.25. The maximum Gasteiger partial charge on any atom is 0.274 e. The van der Waals surface area contributed by atoms with Crippen LogP contribution in [0.2, 0.25) is 0 Å². The van der Waals surface area contributed by atoms with Crippen LogP contribution in [0.3, 0.4) is 0 Å². The highest BCUT2D eigenvalue weighted by Crippen LogP contribution is 2.19. The van der Waals surface area contributed by atoms with Crippen molar-refractivity contribution in [3.8, 4) is 0 Å². The Balaban J connectivity index is 2.30. The molecule has 0 aliphatic heterocycles. The van der Waals surface area contributed by atoms with Gasteiger partial charge in [0.15, 0.2) is 5.69 Å². The van der Waals surface area contributed by atoms with Crippen LogP contribution in [0, 0.1) is 11.4 Å². The Bertz CT molecular complexity index is 613. The molecule has 0 spiro atoms. The minimum Gasteiger partial charge on any atom is -0.348 e. The smallest absolute Gasteiger partial charge is 0.274 e. The van der Waals surface area contributed by atoms with Gasteiger partial charge in [-0.2, -0.15) is 4.39 Å². The number of rotatable bonds is 2. The Morgan fingerprint density at radius 1 is 1.42 bits per heavy atom. The normalized spacial score (nSPS) is 13.5. The fourth-order valence-corrected chi connectivity index (χ4v) is 1.59. The number of nitrogens with one attached hydrogen (secondary N) is 1. The first-order chi connectivity index (χ1) is 8.80. The second kappa shape index (κ2) is 4.64. The first-order valence-corrected chi connectivity index (χ1v) is 6.24. The highest BCUT2D eigenvalue weighted by atomic mass is 19.1. The van der Waals surface area contributed by atoms with Crippen molar-refractivity contribution in [2.75, 3.05) is 0 Å². The van der Waals surface area contributed by atoms with Gasteiger partial charge in [-0.25, -0.2) is 4.98 Å². The van der Waals surface area contributed by atoms with E-state index in [9.17, 15) is 9.18 Å². The molecular weight excluding hydrogens is 245 g/mol. The zero-order valence-electron chi connectivity index (χ0n) is 11.6. The average Bonchev–Trinajstić information content (AvgIpc) is 2.66. The molecule has 5 heteroatoms. The van der Waals surface area contributed by atoms with E-state index in [1.54, 1.807) is 24.4 Å². The number of amides is 1. The Morgan fingerprint density at radius 3 is 2.68 bits per heavy atom. The highest BCUT2D eigenvalue weighted by molar-refractivity contribution is 5.93. The van der Waals surface area contributed by atoms with Crippen LogP contribution in [0.5, 0.6) is 0 Å². The van der Waals surface area contributed by atoms with Crippen molar-refractivity contribution in [2.24, 2.45) is 5.41 Å². The average molecular weight is 263 g/mol. The van der Waals surface area contributed by atoms with Crippen molar-refractivity contribution in [3.05, 3.63) is 36.0 Å². The molecule has 2 aromatic heterocycles. The lowest BCUT2D eigenvalue weighted by atomic mass is 9.88. The fraction of sp³-hybridized carbons (Fsp3) is 0.429. The predicted molar refractivity (Wildman–Crippen MR) is 71.5 cm³/mol. The van der Waals surface area contributed by atoms with Crippen molar-refractivity contribution in [1.29, 1.82) is 0 Å². The van der Waals surface area contributed by atoms with Crippen LogP contribution in [-0.4, -0.2) is 21.3 Å². The molecule has 2 heterocycles. The van der Waals surface area contributed by atoms with Crippen molar-refractivity contribution in [1.82, 2.24) is 14.7 Å². The zero-order valence-corrected chi connectivity index (χ0v) is 11.6. The molecule has 102 valence electrons. The number of fused-ring (bicyclic) bond motifs is 1. The van der Waals surface area contributed by atoms with Crippen LogP contribution in [0.1, 0.15) is 38.2 Å². The summed E-state index contributed by atoms with van der Waals surface area (Å²) < 4.78 is 15.3. The Labute approximate surface area is 111 Å². The Morgan fingerprint density at radius 2 is 2.11 bits per heavy atom. The van der Waals surface area contributed by atoms with Crippen molar-refractivity contribution in [3.63, 3.8) is 0 Å². The first-order valence-electron chi connectivity index (χ1n) is 6.24. The van der Waals surface area contributed by atoms with E-state index in [0.717, 1.165) is 0 Å². The van der Waals surface area contributed by atoms with Crippen LogP contribution in [0.15, 0.2) is 24.4 Å². The summed E-state index contributed by atoms with van der Waals surface area (Å²) in [6.45, 7) is 7.93. The number of carbonyl (C=O) groups excluding carboxylic acids is 1. The zero-order chi connectivity index (χ0) is 14.2. The minimum absolute atomic E-state index is 0.0794. The molecule has 4 nitrogen and oxygen atoms in total. The summed E-state index contributed by atoms with van der Waals surface area (Å²) >= 11 is 0. The van der Waals surface area contributed by atoms with Gasteiger partial charge in [-0.3, -0.25) is 9.20 Å². The van der Waals surface area contributed by atoms with Crippen molar-refractivity contribution in [2.45, 2.75) is 33.7 Å². The molecule has 19 heavy (non-hydrogen) atoms. The van der Waals surface area contributed by atoms with Gasteiger partial charge in [-0.15, -0.1) is 0 Å². The van der Waals surface area contributed by atoms with Crippen LogP contribution in [-0.2, 0) is 0 Å². The summed E-state index contributed by atoms with van der Waals surface area (Å²) in [5.41, 5.74) is 0.168. The van der Waals surface area contributed by atoms with E-state index >= 15 is 0 Å². The molecule has 0 fully saturated rings. The third-order valence-corrected chi connectivity index (χ3v) is 3.33. The van der Waals surface area contributed by atoms with Gasteiger partial charge in [0.1, 0.15) is 5.65 Å². The molecule has 0 aromatic carbocycles. The number of pyridine rings is 1. The topological polar surface area (TPSA) is 46.4 Å². The van der Waals surface area contributed by atoms with Gasteiger partial charge in [0.05, 0.1) is 0 Å². The predicted octanol–water partition coefficient (Wildman–Crippen LogP) is 2.64. The van der Waals surface area contributed by atoms with E-state index < -0.39 is 11.9 Å². The number of halogens is 1. The van der Waals surface area contributed by atoms with Crippen molar-refractivity contribution >= 4 is 11.6 Å². The summed E-state index contributed by atoms with van der Waals surface area (Å²) in [7, 11) is 0. The molecule has 2 aromatic rings. The Kier molecular flexibility index (Phi) is 3.30. The number of hydrogen-bond donors (Lipinski definition) is 1. The minimum atomic E-state index is -0.630. The molecule has 1 atom stereocenters. The monoisotopic (exact) mass is 263 g/mol. The van der Waals surface area contributed by atoms with E-state index in [4.69, 9.17) is 0 Å². The fourth-order valence-electron chi connectivity index (χ4n) is 1.59. The van der Waals surface area contributed by atoms with Crippen LogP contribution >= 0.6 is 0 Å². The van der Waals surface area contributed by atoms with E-state index in [2.05, 4.69) is 10.3 Å². The molecule has 0 saturated heterocycles. The van der Waals surface area contributed by atoms with Crippen LogP contribution in [0.4, 0.5) is 4.39 Å². The molecule has 0 saturated carbocycles. The van der Waals surface area contributed by atoms with Gasteiger partial charge in [0, 0.05) is 12.2 Å². The maximum atomic E-state index is 14.1. The van der Waals surface area contributed by atoms with Crippen molar-refractivity contribution < 1.29 is 9.18 Å². The number of carbonyl (C=O) groups is 1. The van der Waals surface area contributed by atoms with Gasteiger partial charge in [-0.1, -0.05) is 26.8 Å². The Hall–Kier alpha value is -1.91. The summed E-state index contributed by atoms with van der Waals surface area (Å²) in [5, 5.41) is 2.78. The molecule has 0 unspecified atom stereocenters. The quantitative estimate of drug-likeness (QED) is 0.905. The lowest BCUT2D eigenvalue weighted by Gasteiger charge is -2.27. The number of aromatic nitrogens is 2. The van der Waals surface area contributed by atoms with Gasteiger partial charge < -0.3 is 5.32 Å². The van der Waals surface area contributed by atoms with Gasteiger partial charge in [0.25, 0.3) is 5.91 Å². The number of hydrogen-bond acceptors (Lipinski definition) is 2. The first kappa shape index (κ1) is 13.5. The van der Waals surface area contributed by atoms with E-state index in [0.29, 0.717) is 5.65 Å². The van der Waals surface area contributed by atoms with E-state index in [1.165, 1.54) is 4.40 Å². The number of imidazole rings is 1. The van der Waals surface area contributed by atoms with Gasteiger partial charge in [-0.05, 0) is 24.5 Å². The number of nitrogens with zero attached hydrogens (tertiary/aromatic N) is 2. The SMILES string of the molecule is C[C@@H](NC(=O)c1nc2ccccn2c1F)C(C)(C)C. The molecule has 1 amide bonds. The molecule has 0 radical (unpaired) electrons. The lowest BCUT2D eigenvalue weighted by molar-refractivity contribution is 0.0901. The molecule has 0 bridgehead atoms. The summed E-state index contributed by atoms with van der Waals surface area (Å²) in [6, 6.07) is 5.02. The second-order valence-corrected chi connectivity index (χ2v) is 5.74. The molecule has 2 rings (SSSR count). The molecule has 0 aliphatic carbocycles. The van der Waals surface area contributed by atoms with Gasteiger partial charge in [0.2, 0.25) is 5.95 Å². The lowest BCUT2D eigenvalue weighted by Crippen LogP contribution is -2.41. The standard InChI is InChI=1S/C14H18FN3O/c1-9(14(2,3)4)16-13(19)11-12(15)18-8-6-5-7-10(18)17-11/h5-9H,1-4H3,(H,16,19)/t9-/m1/s1. The maximum absolute atomic E-state index is 14.1. The third kappa shape index (κ3) is 2.59. The molecule has 0 aliphatic rings. The summed E-state index contributed by atoms with van der Waals surface area (Å²) in [4.78, 5) is 16.1. The molecule has 1 N–H and O–H groups in total. The molecular formula is C14H18FN3O. The van der Waals surface area contributed by atoms with Gasteiger partial charge >= 0.3 is 0 Å². The van der Waals surface area contributed by atoms with E-state index in [1.807, 2.05) is 27.7 Å². The van der Waals surface area contributed by atoms with E-state index in [-0.39, 0.29) is 17.2 Å². The third-order valence-electron chi connectivity index (χ3n) is 3.33. The summed E-state index contributed by atoms with van der Waals surface area (Å²) in [5.74, 6) is -1.11. The second-order valence-electron chi connectivity index (χ2n) is 5.74. The van der Waals surface area contributed by atoms with Crippen LogP contribution in [0.25, 0.3) is 5.65 Å². The van der Waals surface area contributed by atoms with Crippen LogP contribution < -0.4 is 5.32 Å².